The van der Waals surface area contributed by atoms with Crippen LogP contribution in [0.5, 0.6) is 0 Å². The molecule has 25 heavy (non-hydrogen) atoms. The van der Waals surface area contributed by atoms with E-state index < -0.39 is 0 Å². The highest BCUT2D eigenvalue weighted by molar-refractivity contribution is 6.31. The zero-order valence-corrected chi connectivity index (χ0v) is 15.6. The van der Waals surface area contributed by atoms with Crippen LogP contribution >= 0.6 is 11.6 Å². The van der Waals surface area contributed by atoms with Crippen molar-refractivity contribution >= 4 is 28.9 Å². The van der Waals surface area contributed by atoms with Crippen LogP contribution in [0.25, 0.3) is 0 Å². The standard InChI is InChI=1S/C19H27ClN2O3/c1-14-4-2-3-5-18(14)25-13-19(23)21-16-12-15(20)6-7-17(16)22-8-10-24-11-9-22/h6-7,12,14,18H,2-5,8-11,13H2,1H3,(H,21,23). The van der Waals surface area contributed by atoms with Crippen LogP contribution in [0.2, 0.25) is 5.02 Å². The molecule has 6 heteroatoms. The van der Waals surface area contributed by atoms with Gasteiger partial charge in [0.2, 0.25) is 5.91 Å². The second-order valence-electron chi connectivity index (χ2n) is 6.92. The van der Waals surface area contributed by atoms with Crippen molar-refractivity contribution in [2.45, 2.75) is 38.7 Å². The van der Waals surface area contributed by atoms with Crippen molar-refractivity contribution in [3.63, 3.8) is 0 Å². The van der Waals surface area contributed by atoms with Gasteiger partial charge in [-0.25, -0.2) is 0 Å². The van der Waals surface area contributed by atoms with Gasteiger partial charge in [-0.1, -0.05) is 31.4 Å². The molecule has 0 aromatic heterocycles. The van der Waals surface area contributed by atoms with Crippen LogP contribution in [0.4, 0.5) is 11.4 Å². The van der Waals surface area contributed by atoms with Crippen molar-refractivity contribution in [3.05, 3.63) is 23.2 Å². The quantitative estimate of drug-likeness (QED) is 0.863. The molecule has 1 N–H and O–H groups in total. The van der Waals surface area contributed by atoms with E-state index in [4.69, 9.17) is 21.1 Å². The third-order valence-electron chi connectivity index (χ3n) is 5.05. The number of benzene rings is 1. The van der Waals surface area contributed by atoms with Gasteiger partial charge < -0.3 is 19.7 Å². The van der Waals surface area contributed by atoms with E-state index in [1.165, 1.54) is 19.3 Å². The van der Waals surface area contributed by atoms with Crippen LogP contribution in [0.3, 0.4) is 0 Å². The highest BCUT2D eigenvalue weighted by Gasteiger charge is 2.23. The highest BCUT2D eigenvalue weighted by Crippen LogP contribution is 2.30. The van der Waals surface area contributed by atoms with E-state index in [0.29, 0.717) is 24.2 Å². The molecule has 2 fully saturated rings. The number of amides is 1. The average Bonchev–Trinajstić information content (AvgIpc) is 2.62. The molecule has 138 valence electrons. The summed E-state index contributed by atoms with van der Waals surface area (Å²) in [5.41, 5.74) is 1.71. The Morgan fingerprint density at radius 2 is 2.08 bits per heavy atom. The molecule has 1 amide bonds. The van der Waals surface area contributed by atoms with Gasteiger partial charge in [-0.05, 0) is 37.0 Å². The number of nitrogens with zero attached hydrogens (tertiary/aromatic N) is 1. The topological polar surface area (TPSA) is 50.8 Å². The Morgan fingerprint density at radius 3 is 2.84 bits per heavy atom. The second kappa shape index (κ2) is 8.88. The van der Waals surface area contributed by atoms with E-state index in [1.807, 2.05) is 12.1 Å². The number of carbonyl (C=O) groups is 1. The smallest absolute Gasteiger partial charge is 0.250 e. The zero-order valence-electron chi connectivity index (χ0n) is 14.8. The Balaban J connectivity index is 1.60. The number of ether oxygens (including phenoxy) is 2. The summed E-state index contributed by atoms with van der Waals surface area (Å²) in [6.07, 6.45) is 4.87. The summed E-state index contributed by atoms with van der Waals surface area (Å²) in [6, 6.07) is 5.60. The Kier molecular flexibility index (Phi) is 6.57. The number of halogens is 1. The first-order valence-electron chi connectivity index (χ1n) is 9.17. The lowest BCUT2D eigenvalue weighted by Gasteiger charge is -2.31. The predicted octanol–water partition coefficient (Wildman–Crippen LogP) is 3.71. The normalized spacial score (nSPS) is 24.2. The molecule has 2 atom stereocenters. The number of anilines is 2. The minimum atomic E-state index is -0.130. The first-order chi connectivity index (χ1) is 12.1. The summed E-state index contributed by atoms with van der Waals surface area (Å²) in [6.45, 7) is 5.29. The Labute approximate surface area is 154 Å². The largest absolute Gasteiger partial charge is 0.378 e. The maximum atomic E-state index is 12.4. The van der Waals surface area contributed by atoms with Crippen LogP contribution < -0.4 is 10.2 Å². The monoisotopic (exact) mass is 366 g/mol. The van der Waals surface area contributed by atoms with Gasteiger partial charge in [0.1, 0.15) is 6.61 Å². The van der Waals surface area contributed by atoms with Crippen molar-refractivity contribution in [1.29, 1.82) is 0 Å². The fourth-order valence-electron chi connectivity index (χ4n) is 3.59. The molecule has 1 aliphatic heterocycles. The van der Waals surface area contributed by atoms with Crippen molar-refractivity contribution in [1.82, 2.24) is 0 Å². The third-order valence-corrected chi connectivity index (χ3v) is 5.28. The first kappa shape index (κ1) is 18.5. The number of morpholine rings is 1. The summed E-state index contributed by atoms with van der Waals surface area (Å²) in [7, 11) is 0. The summed E-state index contributed by atoms with van der Waals surface area (Å²) in [5, 5.41) is 3.58. The van der Waals surface area contributed by atoms with Gasteiger partial charge in [0, 0.05) is 18.1 Å². The summed E-state index contributed by atoms with van der Waals surface area (Å²) in [5.74, 6) is 0.395. The lowest BCUT2D eigenvalue weighted by atomic mass is 9.88. The molecule has 3 rings (SSSR count). The van der Waals surface area contributed by atoms with Gasteiger partial charge in [-0.3, -0.25) is 4.79 Å². The van der Waals surface area contributed by atoms with Crippen molar-refractivity contribution in [2.24, 2.45) is 5.92 Å². The Bertz CT molecular complexity index is 590. The van der Waals surface area contributed by atoms with Gasteiger partial charge in [0.15, 0.2) is 0 Å². The molecule has 1 aromatic carbocycles. The van der Waals surface area contributed by atoms with Gasteiger partial charge in [-0.15, -0.1) is 0 Å². The lowest BCUT2D eigenvalue weighted by molar-refractivity contribution is -0.124. The second-order valence-corrected chi connectivity index (χ2v) is 7.36. The Morgan fingerprint density at radius 1 is 1.32 bits per heavy atom. The van der Waals surface area contributed by atoms with Crippen LogP contribution in [0.1, 0.15) is 32.6 Å². The lowest BCUT2D eigenvalue weighted by Crippen LogP contribution is -2.37. The summed E-state index contributed by atoms with van der Waals surface area (Å²) in [4.78, 5) is 14.6. The van der Waals surface area contributed by atoms with E-state index in [-0.39, 0.29) is 18.6 Å². The molecule has 1 aromatic rings. The predicted molar refractivity (Wildman–Crippen MR) is 100 cm³/mol. The van der Waals surface area contributed by atoms with Crippen LogP contribution in [-0.4, -0.2) is 44.9 Å². The summed E-state index contributed by atoms with van der Waals surface area (Å²) >= 11 is 6.13. The van der Waals surface area contributed by atoms with Crippen molar-refractivity contribution in [3.8, 4) is 0 Å². The molecule has 0 radical (unpaired) electrons. The van der Waals surface area contributed by atoms with E-state index >= 15 is 0 Å². The van der Waals surface area contributed by atoms with Gasteiger partial charge in [0.05, 0.1) is 30.7 Å². The molecule has 1 saturated heterocycles. The molecule has 1 heterocycles. The maximum Gasteiger partial charge on any atom is 0.250 e. The molecule has 2 aliphatic rings. The van der Waals surface area contributed by atoms with E-state index in [0.717, 1.165) is 30.9 Å². The summed E-state index contributed by atoms with van der Waals surface area (Å²) < 4.78 is 11.3. The molecular weight excluding hydrogens is 340 g/mol. The van der Waals surface area contributed by atoms with Crippen molar-refractivity contribution in [2.75, 3.05) is 43.1 Å². The zero-order chi connectivity index (χ0) is 17.6. The number of hydrogen-bond acceptors (Lipinski definition) is 4. The van der Waals surface area contributed by atoms with Crippen molar-refractivity contribution < 1.29 is 14.3 Å². The number of rotatable bonds is 5. The van der Waals surface area contributed by atoms with Gasteiger partial charge in [-0.2, -0.15) is 0 Å². The molecule has 1 aliphatic carbocycles. The highest BCUT2D eigenvalue weighted by atomic mass is 35.5. The minimum absolute atomic E-state index is 0.0874. The van der Waals surface area contributed by atoms with Crippen LogP contribution in [0.15, 0.2) is 18.2 Å². The number of carbonyl (C=O) groups excluding carboxylic acids is 1. The van der Waals surface area contributed by atoms with E-state index in [9.17, 15) is 4.79 Å². The van der Waals surface area contributed by atoms with Gasteiger partial charge in [0.25, 0.3) is 0 Å². The molecule has 0 bridgehead atoms. The fraction of sp³-hybridized carbons (Fsp3) is 0.632. The minimum Gasteiger partial charge on any atom is -0.378 e. The molecule has 1 saturated carbocycles. The average molecular weight is 367 g/mol. The first-order valence-corrected chi connectivity index (χ1v) is 9.55. The van der Waals surface area contributed by atoms with E-state index in [1.54, 1.807) is 6.07 Å². The van der Waals surface area contributed by atoms with Crippen LogP contribution in [-0.2, 0) is 14.3 Å². The van der Waals surface area contributed by atoms with E-state index in [2.05, 4.69) is 17.1 Å². The number of nitrogens with one attached hydrogen (secondary N) is 1. The van der Waals surface area contributed by atoms with Crippen LogP contribution in [0, 0.1) is 5.92 Å². The molecule has 0 spiro atoms. The third kappa shape index (κ3) is 5.09. The molecule has 5 nitrogen and oxygen atoms in total. The molecule has 2 unspecified atom stereocenters. The number of hydrogen-bond donors (Lipinski definition) is 1. The Hall–Kier alpha value is -1.30. The fourth-order valence-corrected chi connectivity index (χ4v) is 3.76. The van der Waals surface area contributed by atoms with Gasteiger partial charge >= 0.3 is 0 Å². The molecular formula is C19H27ClN2O3. The SMILES string of the molecule is CC1CCCCC1OCC(=O)Nc1cc(Cl)ccc1N1CCOCC1. The maximum absolute atomic E-state index is 12.4.